The van der Waals surface area contributed by atoms with Gasteiger partial charge in [0.15, 0.2) is 11.4 Å². The van der Waals surface area contributed by atoms with Crippen LogP contribution in [0.5, 0.6) is 0 Å². The van der Waals surface area contributed by atoms with Crippen LogP contribution in [-0.2, 0) is 16.9 Å². The number of Topliss-reactive ketones (excluding diaryl/α,β-unsaturated/α-hetero) is 1. The molecule has 4 nitrogen and oxygen atoms in total. The van der Waals surface area contributed by atoms with Crippen molar-refractivity contribution in [3.05, 3.63) is 99.7 Å². The quantitative estimate of drug-likeness (QED) is 0.445. The van der Waals surface area contributed by atoms with Crippen LogP contribution < -0.4 is 4.90 Å². The Bertz CT molecular complexity index is 1320. The highest BCUT2D eigenvalue weighted by atomic mass is 32.1. The maximum absolute atomic E-state index is 13.5. The number of aryl methyl sites for hydroxylation is 1. The van der Waals surface area contributed by atoms with Crippen LogP contribution in [0.4, 0.5) is 5.69 Å². The number of anilines is 1. The second-order valence-electron chi connectivity index (χ2n) is 7.92. The summed E-state index contributed by atoms with van der Waals surface area (Å²) in [6.45, 7) is 2.25. The van der Waals surface area contributed by atoms with Gasteiger partial charge in [0.25, 0.3) is 5.91 Å². The van der Waals surface area contributed by atoms with E-state index in [1.165, 1.54) is 11.3 Å². The number of rotatable bonds is 5. The number of carbonyl (C=O) groups is 2. The minimum Gasteiger partial charge on any atom is -0.375 e. The van der Waals surface area contributed by atoms with Crippen LogP contribution in [0, 0.1) is 6.92 Å². The average Bonchev–Trinajstić information content (AvgIpc) is 3.30. The molecule has 1 aliphatic rings. The Morgan fingerprint density at radius 1 is 0.968 bits per heavy atom. The van der Waals surface area contributed by atoms with Crippen molar-refractivity contribution in [2.75, 3.05) is 4.90 Å². The van der Waals surface area contributed by atoms with Gasteiger partial charge in [-0.15, -0.1) is 11.3 Å². The van der Waals surface area contributed by atoms with Crippen molar-refractivity contribution in [1.82, 2.24) is 0 Å². The lowest BCUT2D eigenvalue weighted by Crippen LogP contribution is -2.41. The first kappa shape index (κ1) is 19.7. The van der Waals surface area contributed by atoms with E-state index in [1.54, 1.807) is 23.1 Å². The lowest BCUT2D eigenvalue weighted by Gasteiger charge is -2.23. The first-order valence-electron chi connectivity index (χ1n) is 10.2. The average molecular weight is 428 g/mol. The maximum Gasteiger partial charge on any atom is 0.264 e. The number of ketones is 1. The topological polar surface area (TPSA) is 57.6 Å². The van der Waals surface area contributed by atoms with Crippen molar-refractivity contribution in [3.63, 3.8) is 0 Å². The molecule has 154 valence electrons. The first-order chi connectivity index (χ1) is 15.0. The van der Waals surface area contributed by atoms with Crippen molar-refractivity contribution in [2.24, 2.45) is 0 Å². The second kappa shape index (κ2) is 7.45. The monoisotopic (exact) mass is 427 g/mol. The predicted octanol–water partition coefficient (Wildman–Crippen LogP) is 5.22. The smallest absolute Gasteiger partial charge is 0.264 e. The number of thiophene rings is 1. The minimum absolute atomic E-state index is 0.226. The zero-order chi connectivity index (χ0) is 21.6. The zero-order valence-electron chi connectivity index (χ0n) is 17.0. The van der Waals surface area contributed by atoms with Crippen molar-refractivity contribution in [1.29, 1.82) is 0 Å². The summed E-state index contributed by atoms with van der Waals surface area (Å²) in [6, 6.07) is 24.9. The normalized spacial score (nSPS) is 17.9. The lowest BCUT2D eigenvalue weighted by atomic mass is 9.89. The van der Waals surface area contributed by atoms with Gasteiger partial charge >= 0.3 is 0 Å². The van der Waals surface area contributed by atoms with E-state index in [0.29, 0.717) is 22.7 Å². The zero-order valence-corrected chi connectivity index (χ0v) is 17.9. The number of benzene rings is 3. The number of amides is 1. The van der Waals surface area contributed by atoms with Gasteiger partial charge in [0.1, 0.15) is 0 Å². The Hall–Kier alpha value is -3.28. The van der Waals surface area contributed by atoms with E-state index in [0.717, 1.165) is 21.2 Å². The summed E-state index contributed by atoms with van der Waals surface area (Å²) in [7, 11) is 0. The van der Waals surface area contributed by atoms with Crippen LogP contribution in [0.1, 0.15) is 32.1 Å². The fraction of sp³-hybridized carbons (Fsp3) is 0.154. The summed E-state index contributed by atoms with van der Waals surface area (Å²) >= 11 is 1.38. The summed E-state index contributed by atoms with van der Waals surface area (Å²) in [5.74, 6) is -0.681. The van der Waals surface area contributed by atoms with Crippen molar-refractivity contribution in [3.8, 4) is 0 Å². The number of para-hydroxylation sites is 1. The number of aliphatic hydroxyl groups is 1. The van der Waals surface area contributed by atoms with E-state index in [4.69, 9.17) is 0 Å². The summed E-state index contributed by atoms with van der Waals surface area (Å²) in [5.41, 5.74) is 0.265. The fourth-order valence-electron chi connectivity index (χ4n) is 4.34. The molecule has 2 heterocycles. The van der Waals surface area contributed by atoms with Crippen LogP contribution in [0.25, 0.3) is 10.8 Å². The van der Waals surface area contributed by atoms with Crippen molar-refractivity contribution in [2.45, 2.75) is 25.5 Å². The molecule has 0 spiro atoms. The molecule has 0 unspecified atom stereocenters. The third-order valence-corrected chi connectivity index (χ3v) is 6.92. The van der Waals surface area contributed by atoms with E-state index in [9.17, 15) is 14.7 Å². The molecule has 1 aliphatic heterocycles. The second-order valence-corrected chi connectivity index (χ2v) is 9.21. The molecule has 31 heavy (non-hydrogen) atoms. The van der Waals surface area contributed by atoms with Gasteiger partial charge in [-0.2, -0.15) is 0 Å². The van der Waals surface area contributed by atoms with Crippen LogP contribution in [0.15, 0.2) is 78.9 Å². The highest BCUT2D eigenvalue weighted by Gasteiger charge is 2.50. The number of carbonyl (C=O) groups excluding carboxylic acids is 2. The molecular weight excluding hydrogens is 406 g/mol. The van der Waals surface area contributed by atoms with E-state index < -0.39 is 11.5 Å². The van der Waals surface area contributed by atoms with Gasteiger partial charge in [0.05, 0.1) is 23.5 Å². The first-order valence-corrected chi connectivity index (χ1v) is 11.0. The Labute approximate surface area is 184 Å². The van der Waals surface area contributed by atoms with Crippen LogP contribution in [0.2, 0.25) is 0 Å². The molecule has 0 bridgehead atoms. The number of hydrogen-bond donors (Lipinski definition) is 1. The highest BCUT2D eigenvalue weighted by Crippen LogP contribution is 2.44. The molecule has 0 saturated heterocycles. The van der Waals surface area contributed by atoms with Gasteiger partial charge in [0, 0.05) is 10.4 Å². The number of fused-ring (bicyclic) bond motifs is 2. The van der Waals surface area contributed by atoms with Crippen molar-refractivity contribution >= 4 is 39.5 Å². The van der Waals surface area contributed by atoms with Crippen LogP contribution in [0.3, 0.4) is 0 Å². The Balaban J connectivity index is 1.53. The van der Waals surface area contributed by atoms with Gasteiger partial charge in [-0.1, -0.05) is 60.7 Å². The molecule has 5 rings (SSSR count). The molecule has 4 aromatic rings. The molecule has 0 aliphatic carbocycles. The molecule has 1 N–H and O–H groups in total. The summed E-state index contributed by atoms with van der Waals surface area (Å²) in [4.78, 5) is 29.6. The van der Waals surface area contributed by atoms with Gasteiger partial charge < -0.3 is 10.0 Å². The van der Waals surface area contributed by atoms with Gasteiger partial charge in [-0.05, 0) is 41.5 Å². The summed E-state index contributed by atoms with van der Waals surface area (Å²) in [5, 5.41) is 13.7. The molecule has 1 aromatic heterocycles. The van der Waals surface area contributed by atoms with Gasteiger partial charge in [0.2, 0.25) is 0 Å². The molecule has 3 aromatic carbocycles. The van der Waals surface area contributed by atoms with E-state index in [2.05, 4.69) is 0 Å². The Morgan fingerprint density at radius 3 is 2.52 bits per heavy atom. The summed E-state index contributed by atoms with van der Waals surface area (Å²) in [6.07, 6.45) is -0.269. The molecule has 5 heteroatoms. The van der Waals surface area contributed by atoms with Crippen LogP contribution in [-0.4, -0.2) is 16.8 Å². The summed E-state index contributed by atoms with van der Waals surface area (Å²) < 4.78 is 0. The fourth-order valence-corrected chi connectivity index (χ4v) is 5.14. The Kier molecular flexibility index (Phi) is 4.73. The van der Waals surface area contributed by atoms with Crippen LogP contribution >= 0.6 is 11.3 Å². The SMILES string of the molecule is Cc1ccc(C(=O)C[C@]2(O)C(=O)N(Cc3cccc4ccccc34)c3ccccc32)s1. The molecule has 0 fully saturated rings. The molecule has 0 saturated carbocycles. The van der Waals surface area contributed by atoms with E-state index in [-0.39, 0.29) is 12.2 Å². The minimum atomic E-state index is -1.86. The van der Waals surface area contributed by atoms with E-state index in [1.807, 2.05) is 67.6 Å². The molecular formula is C26H21NO3S. The Morgan fingerprint density at radius 2 is 1.71 bits per heavy atom. The largest absolute Gasteiger partial charge is 0.375 e. The van der Waals surface area contributed by atoms with E-state index >= 15 is 0 Å². The number of hydrogen-bond acceptors (Lipinski definition) is 4. The maximum atomic E-state index is 13.5. The molecule has 1 amide bonds. The third kappa shape index (κ3) is 3.26. The highest BCUT2D eigenvalue weighted by molar-refractivity contribution is 7.14. The standard InChI is InChI=1S/C26H21NO3S/c1-17-13-14-24(31-17)23(28)15-26(30)21-11-4-5-12-22(21)27(25(26)29)16-19-9-6-8-18-7-2-3-10-20(18)19/h2-14,30H,15-16H2,1H3/t26-/m1/s1. The third-order valence-electron chi connectivity index (χ3n) is 5.88. The van der Waals surface area contributed by atoms with Gasteiger partial charge in [-0.3, -0.25) is 9.59 Å². The lowest BCUT2D eigenvalue weighted by molar-refractivity contribution is -0.136. The number of nitrogens with zero attached hydrogens (tertiary/aromatic N) is 1. The van der Waals surface area contributed by atoms with Crippen molar-refractivity contribution < 1.29 is 14.7 Å². The predicted molar refractivity (Wildman–Crippen MR) is 123 cm³/mol. The molecule has 1 atom stereocenters. The van der Waals surface area contributed by atoms with Gasteiger partial charge in [-0.25, -0.2) is 0 Å². The molecule has 0 radical (unpaired) electrons.